The van der Waals surface area contributed by atoms with Crippen molar-refractivity contribution >= 4 is 28.9 Å². The highest BCUT2D eigenvalue weighted by molar-refractivity contribution is 6.01. The van der Waals surface area contributed by atoms with Crippen LogP contribution in [-0.2, 0) is 9.47 Å². The molecule has 1 aliphatic rings. The SMILES string of the molecule is CCOC(=O)c1cc2cc(C3=CCN(C(=O)OC(C)(C)C)CC3)cn2c(C(C)=O)c1C. The van der Waals surface area contributed by atoms with Crippen molar-refractivity contribution in [2.45, 2.75) is 53.6 Å². The van der Waals surface area contributed by atoms with Crippen LogP contribution in [0.5, 0.6) is 0 Å². The molecule has 0 aliphatic carbocycles. The van der Waals surface area contributed by atoms with Crippen LogP contribution in [0, 0.1) is 6.92 Å². The van der Waals surface area contributed by atoms with Gasteiger partial charge in [-0.1, -0.05) is 6.08 Å². The highest BCUT2D eigenvalue weighted by Crippen LogP contribution is 2.28. The third-order valence-electron chi connectivity index (χ3n) is 5.20. The number of hydrogen-bond acceptors (Lipinski definition) is 5. The molecule has 0 atom stereocenters. The lowest BCUT2D eigenvalue weighted by Gasteiger charge is -2.29. The number of fused-ring (bicyclic) bond motifs is 1. The molecule has 1 aliphatic heterocycles. The predicted octanol–water partition coefficient (Wildman–Crippen LogP) is 4.65. The molecule has 166 valence electrons. The van der Waals surface area contributed by atoms with Gasteiger partial charge in [-0.2, -0.15) is 0 Å². The first-order chi connectivity index (χ1) is 14.5. The average molecular weight is 427 g/mol. The fourth-order valence-corrected chi connectivity index (χ4v) is 3.80. The maximum atomic E-state index is 12.4. The van der Waals surface area contributed by atoms with Crippen molar-refractivity contribution in [1.82, 2.24) is 9.30 Å². The molecule has 0 spiro atoms. The molecule has 31 heavy (non-hydrogen) atoms. The van der Waals surface area contributed by atoms with E-state index in [4.69, 9.17) is 9.47 Å². The summed E-state index contributed by atoms with van der Waals surface area (Å²) < 4.78 is 12.4. The number of pyridine rings is 1. The monoisotopic (exact) mass is 426 g/mol. The van der Waals surface area contributed by atoms with E-state index in [-0.39, 0.29) is 18.5 Å². The summed E-state index contributed by atoms with van der Waals surface area (Å²) in [5.41, 5.74) is 3.76. The third kappa shape index (κ3) is 4.81. The van der Waals surface area contributed by atoms with Crippen LogP contribution < -0.4 is 0 Å². The van der Waals surface area contributed by atoms with Crippen LogP contribution in [0.1, 0.15) is 73.0 Å². The van der Waals surface area contributed by atoms with E-state index in [2.05, 4.69) is 0 Å². The maximum absolute atomic E-state index is 12.4. The summed E-state index contributed by atoms with van der Waals surface area (Å²) >= 11 is 0. The minimum Gasteiger partial charge on any atom is -0.462 e. The standard InChI is InChI=1S/C24H30N2O5/c1-7-30-22(28)20-13-19-12-18(14-26(19)21(15(20)2)16(3)27)17-8-10-25(11-9-17)23(29)31-24(4,5)6/h8,12-14H,7,9-11H2,1-6H3. The lowest BCUT2D eigenvalue weighted by Crippen LogP contribution is -2.39. The molecule has 7 heteroatoms. The quantitative estimate of drug-likeness (QED) is 0.525. The van der Waals surface area contributed by atoms with Gasteiger partial charge in [0.05, 0.1) is 17.9 Å². The Kier molecular flexibility index (Phi) is 6.25. The number of ketones is 1. The predicted molar refractivity (Wildman–Crippen MR) is 118 cm³/mol. The molecule has 2 aromatic rings. The van der Waals surface area contributed by atoms with Crippen molar-refractivity contribution in [1.29, 1.82) is 0 Å². The van der Waals surface area contributed by atoms with Crippen molar-refractivity contribution in [2.24, 2.45) is 0 Å². The van der Waals surface area contributed by atoms with Gasteiger partial charge in [0.2, 0.25) is 0 Å². The molecule has 3 heterocycles. The van der Waals surface area contributed by atoms with Crippen molar-refractivity contribution in [2.75, 3.05) is 19.7 Å². The van der Waals surface area contributed by atoms with Crippen molar-refractivity contribution < 1.29 is 23.9 Å². The molecule has 0 saturated heterocycles. The fraction of sp³-hybridized carbons (Fsp3) is 0.458. The van der Waals surface area contributed by atoms with Gasteiger partial charge in [-0.3, -0.25) is 4.79 Å². The number of ether oxygens (including phenoxy) is 2. The Morgan fingerprint density at radius 1 is 1.16 bits per heavy atom. The van der Waals surface area contributed by atoms with E-state index in [1.54, 1.807) is 24.8 Å². The Labute approximate surface area is 182 Å². The first-order valence-electron chi connectivity index (χ1n) is 10.5. The second-order valence-electron chi connectivity index (χ2n) is 8.74. The van der Waals surface area contributed by atoms with Crippen LogP contribution in [0.4, 0.5) is 4.79 Å². The van der Waals surface area contributed by atoms with E-state index in [9.17, 15) is 14.4 Å². The molecule has 0 aromatic carbocycles. The topological polar surface area (TPSA) is 77.3 Å². The van der Waals surface area contributed by atoms with Crippen molar-refractivity contribution in [3.63, 3.8) is 0 Å². The van der Waals surface area contributed by atoms with Crippen LogP contribution in [0.15, 0.2) is 24.4 Å². The van der Waals surface area contributed by atoms with Gasteiger partial charge >= 0.3 is 12.1 Å². The Morgan fingerprint density at radius 3 is 2.42 bits per heavy atom. The van der Waals surface area contributed by atoms with Gasteiger partial charge in [0.1, 0.15) is 5.60 Å². The van der Waals surface area contributed by atoms with Crippen LogP contribution in [0.25, 0.3) is 11.1 Å². The van der Waals surface area contributed by atoms with E-state index >= 15 is 0 Å². The van der Waals surface area contributed by atoms with Crippen LogP contribution >= 0.6 is 0 Å². The second-order valence-corrected chi connectivity index (χ2v) is 8.74. The van der Waals surface area contributed by atoms with Crippen molar-refractivity contribution in [3.05, 3.63) is 46.8 Å². The number of nitrogens with zero attached hydrogens (tertiary/aromatic N) is 2. The van der Waals surface area contributed by atoms with Gasteiger partial charge < -0.3 is 18.8 Å². The zero-order valence-corrected chi connectivity index (χ0v) is 19.1. The Balaban J connectivity index is 1.94. The molecule has 0 N–H and O–H groups in total. The summed E-state index contributed by atoms with van der Waals surface area (Å²) in [5.74, 6) is -0.554. The van der Waals surface area contributed by atoms with E-state index in [1.165, 1.54) is 6.92 Å². The molecule has 1 amide bonds. The Hall–Kier alpha value is -3.09. The number of rotatable bonds is 4. The summed E-state index contributed by atoms with van der Waals surface area (Å²) in [4.78, 5) is 38.7. The molecule has 0 bridgehead atoms. The Bertz CT molecular complexity index is 1070. The van der Waals surface area contributed by atoms with Crippen LogP contribution in [-0.4, -0.2) is 52.4 Å². The van der Waals surface area contributed by atoms with E-state index in [1.807, 2.05) is 43.5 Å². The summed E-state index contributed by atoms with van der Waals surface area (Å²) in [7, 11) is 0. The molecular weight excluding hydrogens is 396 g/mol. The molecule has 0 fully saturated rings. The number of hydrogen-bond donors (Lipinski definition) is 0. The van der Waals surface area contributed by atoms with Gasteiger partial charge in [0.25, 0.3) is 0 Å². The van der Waals surface area contributed by atoms with Gasteiger partial charge in [0.15, 0.2) is 5.78 Å². The highest BCUT2D eigenvalue weighted by atomic mass is 16.6. The summed E-state index contributed by atoms with van der Waals surface area (Å²) in [6.07, 6.45) is 4.28. The number of amides is 1. The molecule has 7 nitrogen and oxygen atoms in total. The van der Waals surface area contributed by atoms with Crippen LogP contribution in [0.2, 0.25) is 0 Å². The molecule has 0 radical (unpaired) electrons. The van der Waals surface area contributed by atoms with Gasteiger partial charge in [0, 0.05) is 31.7 Å². The van der Waals surface area contributed by atoms with Gasteiger partial charge in [-0.05, 0) is 69.9 Å². The van der Waals surface area contributed by atoms with Gasteiger partial charge in [-0.25, -0.2) is 9.59 Å². The third-order valence-corrected chi connectivity index (χ3v) is 5.20. The van der Waals surface area contributed by atoms with E-state index < -0.39 is 11.6 Å². The van der Waals surface area contributed by atoms with Gasteiger partial charge in [-0.15, -0.1) is 0 Å². The molecule has 2 aromatic heterocycles. The maximum Gasteiger partial charge on any atom is 0.410 e. The zero-order chi connectivity index (χ0) is 22.9. The summed E-state index contributed by atoms with van der Waals surface area (Å²) in [6, 6.07) is 3.73. The highest BCUT2D eigenvalue weighted by Gasteiger charge is 2.25. The average Bonchev–Trinajstić information content (AvgIpc) is 3.09. The first kappa shape index (κ1) is 22.6. The lowest BCUT2D eigenvalue weighted by molar-refractivity contribution is 0.0270. The molecule has 0 saturated carbocycles. The molecule has 3 rings (SSSR count). The summed E-state index contributed by atoms with van der Waals surface area (Å²) in [6.45, 7) is 11.8. The number of aromatic nitrogens is 1. The fourth-order valence-electron chi connectivity index (χ4n) is 3.80. The number of carbonyl (C=O) groups excluding carboxylic acids is 3. The lowest BCUT2D eigenvalue weighted by atomic mass is 10.0. The number of carbonyl (C=O) groups is 3. The van der Waals surface area contributed by atoms with E-state index in [0.29, 0.717) is 36.3 Å². The number of esters is 1. The zero-order valence-electron chi connectivity index (χ0n) is 19.1. The molecular formula is C24H30N2O5. The van der Waals surface area contributed by atoms with Crippen molar-refractivity contribution in [3.8, 4) is 0 Å². The number of Topliss-reactive ketones (excluding diaryl/α,β-unsaturated/α-hetero) is 1. The second kappa shape index (κ2) is 8.57. The minimum atomic E-state index is -0.529. The minimum absolute atomic E-state index is 0.121. The van der Waals surface area contributed by atoms with E-state index in [0.717, 1.165) is 16.7 Å². The Morgan fingerprint density at radius 2 is 1.87 bits per heavy atom. The summed E-state index contributed by atoms with van der Waals surface area (Å²) in [5, 5.41) is 0. The van der Waals surface area contributed by atoms with Crippen LogP contribution in [0.3, 0.4) is 0 Å². The normalized spacial score (nSPS) is 14.4. The smallest absolute Gasteiger partial charge is 0.410 e. The first-order valence-corrected chi connectivity index (χ1v) is 10.5. The largest absolute Gasteiger partial charge is 0.462 e. The molecule has 0 unspecified atom stereocenters.